The Kier molecular flexibility index (Phi) is 6.56. The zero-order chi connectivity index (χ0) is 19.4. The molecule has 0 spiro atoms. The van der Waals surface area contributed by atoms with E-state index in [0.717, 1.165) is 69.7 Å². The molecule has 4 aliphatic carbocycles. The average Bonchev–Trinajstić information content (AvgIpc) is 3.17. The molecule has 0 aromatic rings. The summed E-state index contributed by atoms with van der Waals surface area (Å²) in [5, 5.41) is 6.00. The summed E-state index contributed by atoms with van der Waals surface area (Å²) in [5.74, 6) is 3.06. The molecule has 1 heterocycles. The lowest BCUT2D eigenvalue weighted by molar-refractivity contribution is -0.146. The molecule has 0 aromatic heterocycles. The van der Waals surface area contributed by atoms with E-state index >= 15 is 0 Å². The van der Waals surface area contributed by atoms with Gasteiger partial charge in [-0.25, -0.2) is 0 Å². The monoisotopic (exact) mass is 392 g/mol. The second-order valence-corrected chi connectivity index (χ2v) is 9.71. The first-order chi connectivity index (χ1) is 13.6. The minimum atomic E-state index is -0.118. The van der Waals surface area contributed by atoms with Gasteiger partial charge in [-0.1, -0.05) is 0 Å². The maximum atomic E-state index is 12.9. The Morgan fingerprint density at radius 3 is 2.36 bits per heavy atom. The summed E-state index contributed by atoms with van der Waals surface area (Å²) in [6.07, 6.45) is 9.51. The smallest absolute Gasteiger partial charge is 0.226 e. The SMILES string of the molecule is O=C(CCNC(=O)C12CC3CC(CC(C3)C1)C2)NCCCOCC1CCOC1. The Balaban J connectivity index is 1.06. The van der Waals surface area contributed by atoms with Gasteiger partial charge in [-0.15, -0.1) is 0 Å². The van der Waals surface area contributed by atoms with Crippen LogP contribution in [-0.4, -0.2) is 51.3 Å². The van der Waals surface area contributed by atoms with Gasteiger partial charge in [0.05, 0.1) is 13.2 Å². The number of rotatable bonds is 10. The first-order valence-corrected chi connectivity index (χ1v) is 11.3. The maximum Gasteiger partial charge on any atom is 0.226 e. The third-order valence-electron chi connectivity index (χ3n) is 7.32. The van der Waals surface area contributed by atoms with E-state index in [1.54, 1.807) is 0 Å². The van der Waals surface area contributed by atoms with E-state index < -0.39 is 0 Å². The minimum absolute atomic E-state index is 0.00926. The Labute approximate surface area is 168 Å². The quantitative estimate of drug-likeness (QED) is 0.559. The van der Waals surface area contributed by atoms with Crippen LogP contribution in [0.25, 0.3) is 0 Å². The molecule has 158 valence electrons. The predicted molar refractivity (Wildman–Crippen MR) is 106 cm³/mol. The highest BCUT2D eigenvalue weighted by Crippen LogP contribution is 2.60. The van der Waals surface area contributed by atoms with Gasteiger partial charge in [-0.3, -0.25) is 9.59 Å². The van der Waals surface area contributed by atoms with E-state index in [1.807, 2.05) is 0 Å². The second kappa shape index (κ2) is 9.12. The molecule has 4 saturated carbocycles. The first kappa shape index (κ1) is 20.1. The topological polar surface area (TPSA) is 76.7 Å². The zero-order valence-electron chi connectivity index (χ0n) is 17.0. The van der Waals surface area contributed by atoms with E-state index in [2.05, 4.69) is 10.6 Å². The molecule has 1 aliphatic heterocycles. The number of nitrogens with one attached hydrogen (secondary N) is 2. The molecule has 0 aromatic carbocycles. The highest BCUT2D eigenvalue weighted by atomic mass is 16.5. The summed E-state index contributed by atoms with van der Waals surface area (Å²) in [5.41, 5.74) is -0.118. The number of carbonyl (C=O) groups excluding carboxylic acids is 2. The van der Waals surface area contributed by atoms with Crippen LogP contribution in [0.2, 0.25) is 0 Å². The zero-order valence-corrected chi connectivity index (χ0v) is 17.0. The van der Waals surface area contributed by atoms with Crippen molar-refractivity contribution in [2.24, 2.45) is 29.1 Å². The van der Waals surface area contributed by atoms with E-state index in [-0.39, 0.29) is 17.2 Å². The van der Waals surface area contributed by atoms with Gasteiger partial charge in [0, 0.05) is 44.1 Å². The summed E-state index contributed by atoms with van der Waals surface area (Å²) in [4.78, 5) is 24.8. The molecular formula is C22H36N2O4. The fourth-order valence-electron chi connectivity index (χ4n) is 6.32. The molecule has 5 fully saturated rings. The molecule has 1 atom stereocenters. The molecule has 5 aliphatic rings. The van der Waals surface area contributed by atoms with Gasteiger partial charge in [-0.2, -0.15) is 0 Å². The third-order valence-corrected chi connectivity index (χ3v) is 7.32. The van der Waals surface area contributed by atoms with Crippen LogP contribution in [-0.2, 0) is 19.1 Å². The molecule has 2 amide bonds. The lowest BCUT2D eigenvalue weighted by Gasteiger charge is -2.55. The highest BCUT2D eigenvalue weighted by molar-refractivity contribution is 5.84. The summed E-state index contributed by atoms with van der Waals surface area (Å²) in [7, 11) is 0. The van der Waals surface area contributed by atoms with Crippen LogP contribution >= 0.6 is 0 Å². The fraction of sp³-hybridized carbons (Fsp3) is 0.909. The Morgan fingerprint density at radius 2 is 1.71 bits per heavy atom. The van der Waals surface area contributed by atoms with Crippen LogP contribution in [0.5, 0.6) is 0 Å². The fourth-order valence-corrected chi connectivity index (χ4v) is 6.32. The highest BCUT2D eigenvalue weighted by Gasteiger charge is 2.54. The summed E-state index contributed by atoms with van der Waals surface area (Å²) >= 11 is 0. The number of ether oxygens (including phenoxy) is 2. The van der Waals surface area contributed by atoms with Crippen LogP contribution < -0.4 is 10.6 Å². The van der Waals surface area contributed by atoms with Gasteiger partial charge >= 0.3 is 0 Å². The Morgan fingerprint density at radius 1 is 1.00 bits per heavy atom. The van der Waals surface area contributed by atoms with Crippen molar-refractivity contribution in [1.29, 1.82) is 0 Å². The van der Waals surface area contributed by atoms with E-state index in [4.69, 9.17) is 9.47 Å². The Bertz CT molecular complexity index is 523. The van der Waals surface area contributed by atoms with Crippen LogP contribution in [0.15, 0.2) is 0 Å². The van der Waals surface area contributed by atoms with Gasteiger partial charge < -0.3 is 20.1 Å². The van der Waals surface area contributed by atoms with Crippen molar-refractivity contribution in [3.63, 3.8) is 0 Å². The van der Waals surface area contributed by atoms with Gasteiger partial charge in [0.25, 0.3) is 0 Å². The molecule has 2 N–H and O–H groups in total. The van der Waals surface area contributed by atoms with E-state index in [9.17, 15) is 9.59 Å². The molecule has 6 nitrogen and oxygen atoms in total. The van der Waals surface area contributed by atoms with Crippen LogP contribution in [0.1, 0.15) is 57.8 Å². The van der Waals surface area contributed by atoms with Crippen molar-refractivity contribution in [3.05, 3.63) is 0 Å². The molecular weight excluding hydrogens is 356 g/mol. The van der Waals surface area contributed by atoms with Gasteiger partial charge in [0.2, 0.25) is 11.8 Å². The van der Waals surface area contributed by atoms with Crippen molar-refractivity contribution >= 4 is 11.8 Å². The number of carbonyl (C=O) groups is 2. The van der Waals surface area contributed by atoms with Crippen LogP contribution in [0.3, 0.4) is 0 Å². The van der Waals surface area contributed by atoms with Crippen molar-refractivity contribution in [2.45, 2.75) is 57.8 Å². The summed E-state index contributed by atoms with van der Waals surface area (Å²) < 4.78 is 11.0. The lowest BCUT2D eigenvalue weighted by atomic mass is 9.49. The van der Waals surface area contributed by atoms with Crippen LogP contribution in [0.4, 0.5) is 0 Å². The van der Waals surface area contributed by atoms with Gasteiger partial charge in [0.15, 0.2) is 0 Å². The average molecular weight is 393 g/mol. The molecule has 28 heavy (non-hydrogen) atoms. The lowest BCUT2D eigenvalue weighted by Crippen LogP contribution is -2.53. The van der Waals surface area contributed by atoms with Gasteiger partial charge in [-0.05, 0) is 69.1 Å². The predicted octanol–water partition coefficient (Wildman–Crippen LogP) is 2.27. The molecule has 4 bridgehead atoms. The van der Waals surface area contributed by atoms with Crippen LogP contribution in [0, 0.1) is 29.1 Å². The summed E-state index contributed by atoms with van der Waals surface area (Å²) in [6, 6.07) is 0. The van der Waals surface area contributed by atoms with E-state index in [1.165, 1.54) is 19.3 Å². The molecule has 5 rings (SSSR count). The van der Waals surface area contributed by atoms with Crippen molar-refractivity contribution < 1.29 is 19.1 Å². The number of hydrogen-bond donors (Lipinski definition) is 2. The minimum Gasteiger partial charge on any atom is -0.381 e. The molecule has 6 heteroatoms. The van der Waals surface area contributed by atoms with Gasteiger partial charge in [0.1, 0.15) is 0 Å². The normalized spacial score (nSPS) is 35.9. The van der Waals surface area contributed by atoms with Crippen molar-refractivity contribution in [2.75, 3.05) is 39.5 Å². The van der Waals surface area contributed by atoms with Crippen molar-refractivity contribution in [3.8, 4) is 0 Å². The number of amides is 2. The molecule has 0 radical (unpaired) electrons. The first-order valence-electron chi connectivity index (χ1n) is 11.3. The third kappa shape index (κ3) is 4.88. The number of hydrogen-bond acceptors (Lipinski definition) is 4. The molecule has 1 unspecified atom stereocenters. The maximum absolute atomic E-state index is 12.9. The standard InChI is InChI=1S/C22H36N2O4/c25-20(23-4-1-6-27-14-16-3-7-28-15-16)2-5-24-21(26)22-11-17-8-18(12-22)10-19(9-17)13-22/h16-19H,1-15H2,(H,23,25)(H,24,26). The largest absolute Gasteiger partial charge is 0.381 e. The molecule has 1 saturated heterocycles. The van der Waals surface area contributed by atoms with Crippen molar-refractivity contribution in [1.82, 2.24) is 10.6 Å². The van der Waals surface area contributed by atoms with E-state index in [0.29, 0.717) is 32.0 Å². The Hall–Kier alpha value is -1.14. The summed E-state index contributed by atoms with van der Waals surface area (Å²) in [6.45, 7) is 4.16. The second-order valence-electron chi connectivity index (χ2n) is 9.71.